The van der Waals surface area contributed by atoms with E-state index in [2.05, 4.69) is 24.5 Å². The van der Waals surface area contributed by atoms with Crippen LogP contribution in [0.1, 0.15) is 38.3 Å². The monoisotopic (exact) mass is 493 g/mol. The lowest BCUT2D eigenvalue weighted by molar-refractivity contribution is -0.121. The average molecular weight is 494 g/mol. The molecule has 0 spiro atoms. The lowest BCUT2D eigenvalue weighted by Gasteiger charge is -2.38. The van der Waals surface area contributed by atoms with Crippen LogP contribution in [-0.4, -0.2) is 52.7 Å². The average Bonchev–Trinajstić information content (AvgIpc) is 2.97. The number of nitrogens with one attached hydrogen (secondary N) is 2. The Balaban J connectivity index is 1.94. The molecule has 1 aliphatic carbocycles. The Morgan fingerprint density at radius 1 is 1.08 bits per heavy atom. The zero-order valence-corrected chi connectivity index (χ0v) is 21.6. The first-order valence-electron chi connectivity index (χ1n) is 12.1. The van der Waals surface area contributed by atoms with Gasteiger partial charge in [-0.3, -0.25) is 9.59 Å². The van der Waals surface area contributed by atoms with Gasteiger partial charge in [0.2, 0.25) is 5.91 Å². The molecule has 0 radical (unpaired) electrons. The van der Waals surface area contributed by atoms with Gasteiger partial charge in [-0.05, 0) is 30.0 Å². The van der Waals surface area contributed by atoms with Gasteiger partial charge in [-0.1, -0.05) is 38.1 Å². The summed E-state index contributed by atoms with van der Waals surface area (Å²) in [4.78, 5) is 28.9. The zero-order valence-electron chi connectivity index (χ0n) is 21.6. The van der Waals surface area contributed by atoms with E-state index in [4.69, 9.17) is 14.2 Å². The van der Waals surface area contributed by atoms with E-state index >= 15 is 0 Å². The van der Waals surface area contributed by atoms with Gasteiger partial charge < -0.3 is 29.7 Å². The molecule has 0 saturated heterocycles. The van der Waals surface area contributed by atoms with Crippen LogP contribution in [-0.2, 0) is 14.3 Å². The number of methoxy groups -OCH3 is 3. The highest BCUT2D eigenvalue weighted by molar-refractivity contribution is 6.02. The van der Waals surface area contributed by atoms with E-state index in [1.165, 1.54) is 0 Å². The summed E-state index contributed by atoms with van der Waals surface area (Å²) in [7, 11) is 4.77. The number of rotatable bonds is 8. The molecular formula is C28H35N3O5. The van der Waals surface area contributed by atoms with Gasteiger partial charge in [-0.15, -0.1) is 0 Å². The lowest BCUT2D eigenvalue weighted by atomic mass is 9.73. The van der Waals surface area contributed by atoms with Crippen molar-refractivity contribution in [1.82, 2.24) is 5.32 Å². The Bertz CT molecular complexity index is 1170. The second-order valence-corrected chi connectivity index (χ2v) is 9.93. The molecule has 192 valence electrons. The first-order valence-corrected chi connectivity index (χ1v) is 12.1. The molecule has 2 aromatic rings. The van der Waals surface area contributed by atoms with Crippen LogP contribution in [0.2, 0.25) is 0 Å². The molecule has 0 saturated carbocycles. The number of amides is 1. The van der Waals surface area contributed by atoms with Crippen LogP contribution in [0.25, 0.3) is 0 Å². The second kappa shape index (κ2) is 10.6. The highest BCUT2D eigenvalue weighted by atomic mass is 16.5. The van der Waals surface area contributed by atoms with Crippen molar-refractivity contribution in [2.45, 2.75) is 32.7 Å². The first kappa shape index (κ1) is 25.6. The van der Waals surface area contributed by atoms with Gasteiger partial charge >= 0.3 is 0 Å². The van der Waals surface area contributed by atoms with Crippen LogP contribution in [0.15, 0.2) is 53.7 Å². The van der Waals surface area contributed by atoms with Gasteiger partial charge in [0.1, 0.15) is 0 Å². The van der Waals surface area contributed by atoms with Crippen molar-refractivity contribution in [1.29, 1.82) is 0 Å². The minimum absolute atomic E-state index is 0.0426. The maximum atomic E-state index is 13.8. The molecule has 0 bridgehead atoms. The Morgan fingerprint density at radius 2 is 1.86 bits per heavy atom. The van der Waals surface area contributed by atoms with E-state index in [-0.39, 0.29) is 23.7 Å². The van der Waals surface area contributed by atoms with Crippen molar-refractivity contribution < 1.29 is 23.8 Å². The van der Waals surface area contributed by atoms with Gasteiger partial charge in [0, 0.05) is 36.9 Å². The predicted octanol–water partition coefficient (Wildman–Crippen LogP) is 4.08. The third kappa shape index (κ3) is 5.04. The minimum atomic E-state index is -0.557. The molecule has 0 fully saturated rings. The number of nitrogens with zero attached hydrogens (tertiary/aromatic N) is 1. The Hall–Kier alpha value is -3.52. The third-order valence-electron chi connectivity index (χ3n) is 6.67. The molecule has 2 N–H and O–H groups in total. The molecule has 8 heteroatoms. The van der Waals surface area contributed by atoms with Gasteiger partial charge in [0.05, 0.1) is 44.8 Å². The second-order valence-electron chi connectivity index (χ2n) is 9.93. The summed E-state index contributed by atoms with van der Waals surface area (Å²) in [5.41, 5.74) is 3.79. The topological polar surface area (TPSA) is 89.1 Å². The number of hydrogen-bond acceptors (Lipinski definition) is 7. The summed E-state index contributed by atoms with van der Waals surface area (Å²) in [6, 6.07) is 12.9. The van der Waals surface area contributed by atoms with E-state index in [0.29, 0.717) is 43.1 Å². The predicted molar refractivity (Wildman–Crippen MR) is 140 cm³/mol. The van der Waals surface area contributed by atoms with Gasteiger partial charge in [0.15, 0.2) is 17.3 Å². The lowest BCUT2D eigenvalue weighted by Crippen LogP contribution is -2.42. The van der Waals surface area contributed by atoms with Crippen molar-refractivity contribution in [3.63, 3.8) is 0 Å². The molecule has 2 aromatic carbocycles. The number of carbonyl (C=O) groups is 2. The highest BCUT2D eigenvalue weighted by Crippen LogP contribution is 2.50. The van der Waals surface area contributed by atoms with Crippen molar-refractivity contribution in [3.8, 4) is 11.5 Å². The molecule has 0 aromatic heterocycles. The summed E-state index contributed by atoms with van der Waals surface area (Å²) < 4.78 is 16.5. The normalized spacial score (nSPS) is 18.5. The molecule has 1 heterocycles. The maximum absolute atomic E-state index is 13.8. The number of Topliss-reactive ketones (excluding diaryl/α,β-unsaturated/α-hetero) is 1. The van der Waals surface area contributed by atoms with Crippen LogP contribution in [0, 0.1) is 5.41 Å². The van der Waals surface area contributed by atoms with Crippen LogP contribution in [0.4, 0.5) is 11.4 Å². The van der Waals surface area contributed by atoms with E-state index in [0.717, 1.165) is 22.6 Å². The summed E-state index contributed by atoms with van der Waals surface area (Å²) in [6.45, 7) is 5.07. The van der Waals surface area contributed by atoms with Crippen molar-refractivity contribution in [2.24, 2.45) is 5.41 Å². The number of para-hydroxylation sites is 3. The molecule has 1 unspecified atom stereocenters. The molecule has 4 rings (SSSR count). The zero-order chi connectivity index (χ0) is 25.9. The van der Waals surface area contributed by atoms with Crippen LogP contribution < -0.4 is 25.0 Å². The molecule has 36 heavy (non-hydrogen) atoms. The smallest absolute Gasteiger partial charge is 0.239 e. The van der Waals surface area contributed by atoms with Crippen LogP contribution >= 0.6 is 0 Å². The molecular weight excluding hydrogens is 458 g/mol. The molecule has 1 aliphatic heterocycles. The number of hydrogen-bond donors (Lipinski definition) is 2. The van der Waals surface area contributed by atoms with Crippen molar-refractivity contribution >= 4 is 23.1 Å². The Labute approximate surface area is 212 Å². The van der Waals surface area contributed by atoms with Crippen molar-refractivity contribution in [2.75, 3.05) is 51.2 Å². The number of benzene rings is 2. The van der Waals surface area contributed by atoms with Gasteiger partial charge in [-0.2, -0.15) is 0 Å². The quantitative estimate of drug-likeness (QED) is 0.536. The summed E-state index contributed by atoms with van der Waals surface area (Å²) >= 11 is 0. The van der Waals surface area contributed by atoms with Gasteiger partial charge in [0.25, 0.3) is 0 Å². The first-order chi connectivity index (χ1) is 17.3. The van der Waals surface area contributed by atoms with E-state index in [1.807, 2.05) is 47.4 Å². The fourth-order valence-electron chi connectivity index (χ4n) is 5.18. The van der Waals surface area contributed by atoms with E-state index in [1.54, 1.807) is 21.3 Å². The Morgan fingerprint density at radius 3 is 2.58 bits per heavy atom. The highest BCUT2D eigenvalue weighted by Gasteiger charge is 2.43. The summed E-state index contributed by atoms with van der Waals surface area (Å²) in [6.07, 6.45) is 1.12. The largest absolute Gasteiger partial charge is 0.493 e. The van der Waals surface area contributed by atoms with Gasteiger partial charge in [-0.25, -0.2) is 0 Å². The molecule has 8 nitrogen and oxygen atoms in total. The van der Waals surface area contributed by atoms with E-state index < -0.39 is 6.04 Å². The fourth-order valence-corrected chi connectivity index (χ4v) is 5.18. The standard InChI is InChI=1S/C28H35N3O5/c1-28(2)15-20-25(22(32)16-28)26(18-9-8-12-23(35-4)27(18)36-5)31(17-24(33)29-13-14-34-3)21-11-7-6-10-19(21)30-20/h6-12,26,30H,13-17H2,1-5H3,(H,29,33). The molecule has 1 amide bonds. The number of carbonyl (C=O) groups excluding carboxylic acids is 2. The van der Waals surface area contributed by atoms with Crippen molar-refractivity contribution in [3.05, 3.63) is 59.3 Å². The summed E-state index contributed by atoms with van der Waals surface area (Å²) in [5, 5.41) is 6.48. The number of fused-ring (bicyclic) bond motifs is 1. The summed E-state index contributed by atoms with van der Waals surface area (Å²) in [5.74, 6) is 0.997. The number of ketones is 1. The number of anilines is 2. The maximum Gasteiger partial charge on any atom is 0.239 e. The van der Waals surface area contributed by atoms with Crippen LogP contribution in [0.5, 0.6) is 11.5 Å². The fraction of sp³-hybridized carbons (Fsp3) is 0.429. The minimum Gasteiger partial charge on any atom is -0.493 e. The number of ether oxygens (including phenoxy) is 3. The van der Waals surface area contributed by atoms with Crippen LogP contribution in [0.3, 0.4) is 0 Å². The Kier molecular flexibility index (Phi) is 7.54. The SMILES string of the molecule is COCCNC(=O)CN1c2ccccc2NC2=C(C(=O)CC(C)(C)C2)C1c1cccc(OC)c1OC. The van der Waals surface area contributed by atoms with E-state index in [9.17, 15) is 9.59 Å². The third-order valence-corrected chi connectivity index (χ3v) is 6.67. The molecule has 2 aliphatic rings. The number of allylic oxidation sites excluding steroid dienone is 1. The molecule has 1 atom stereocenters.